The van der Waals surface area contributed by atoms with Crippen LogP contribution in [0.3, 0.4) is 0 Å². The zero-order valence-electron chi connectivity index (χ0n) is 17.2. The molecule has 1 saturated heterocycles. The molecule has 1 aromatic carbocycles. The number of hydrogen-bond donors (Lipinski definition) is 0. The maximum absolute atomic E-state index is 13.2. The molecule has 1 atom stereocenters. The average Bonchev–Trinajstić information content (AvgIpc) is 3.10. The lowest BCUT2D eigenvalue weighted by Crippen LogP contribution is -2.40. The molecular formula is C21H24BrFN4O4. The van der Waals surface area contributed by atoms with Crippen LogP contribution in [0.5, 0.6) is 0 Å². The quantitative estimate of drug-likeness (QED) is 0.372. The fourth-order valence-electron chi connectivity index (χ4n) is 3.74. The van der Waals surface area contributed by atoms with Crippen LogP contribution in [0.2, 0.25) is 0 Å². The van der Waals surface area contributed by atoms with Gasteiger partial charge < -0.3 is 14.0 Å². The van der Waals surface area contributed by atoms with E-state index in [9.17, 15) is 14.0 Å². The maximum atomic E-state index is 13.2. The number of aromatic nitrogens is 4. The Labute approximate surface area is 186 Å². The Hall–Kier alpha value is -2.30. The molecule has 1 aliphatic heterocycles. The fraction of sp³-hybridized carbons (Fsp3) is 0.476. The maximum Gasteiger partial charge on any atom is 0.332 e. The molecule has 0 N–H and O–H groups in total. The van der Waals surface area contributed by atoms with Crippen LogP contribution < -0.4 is 11.2 Å². The Bertz CT molecular complexity index is 1180. The van der Waals surface area contributed by atoms with Gasteiger partial charge in [-0.2, -0.15) is 0 Å². The van der Waals surface area contributed by atoms with Gasteiger partial charge in [0.2, 0.25) is 0 Å². The molecule has 0 radical (unpaired) electrons. The largest absolute Gasteiger partial charge is 0.353 e. The Kier molecular flexibility index (Phi) is 6.68. The molecule has 1 unspecified atom stereocenters. The van der Waals surface area contributed by atoms with Crippen molar-refractivity contribution in [2.45, 2.75) is 45.1 Å². The molecule has 8 nitrogen and oxygen atoms in total. The summed E-state index contributed by atoms with van der Waals surface area (Å²) in [6.07, 6.45) is 3.29. The summed E-state index contributed by atoms with van der Waals surface area (Å²) in [6, 6.07) is 6.04. The van der Waals surface area contributed by atoms with Gasteiger partial charge in [-0.05, 0) is 59.3 Å². The second-order valence-electron chi connectivity index (χ2n) is 7.58. The average molecular weight is 495 g/mol. The van der Waals surface area contributed by atoms with Gasteiger partial charge in [-0.3, -0.25) is 13.9 Å². The topological polar surface area (TPSA) is 80.3 Å². The summed E-state index contributed by atoms with van der Waals surface area (Å²) in [6.45, 7) is 1.64. The summed E-state index contributed by atoms with van der Waals surface area (Å²) < 4.78 is 29.2. The lowest BCUT2D eigenvalue weighted by atomic mass is 10.2. The van der Waals surface area contributed by atoms with Gasteiger partial charge >= 0.3 is 5.69 Å². The minimum Gasteiger partial charge on any atom is -0.353 e. The van der Waals surface area contributed by atoms with Crippen molar-refractivity contribution in [3.05, 3.63) is 61.2 Å². The van der Waals surface area contributed by atoms with Crippen LogP contribution in [-0.2, 0) is 29.6 Å². The number of ether oxygens (including phenoxy) is 2. The molecule has 0 saturated carbocycles. The van der Waals surface area contributed by atoms with Crippen LogP contribution >= 0.6 is 15.9 Å². The molecule has 3 heterocycles. The molecule has 10 heteroatoms. The zero-order valence-corrected chi connectivity index (χ0v) is 18.8. The minimum atomic E-state index is -0.426. The normalized spacial score (nSPS) is 16.8. The van der Waals surface area contributed by atoms with Gasteiger partial charge in [0.1, 0.15) is 5.82 Å². The van der Waals surface area contributed by atoms with Crippen LogP contribution in [-0.4, -0.2) is 38.2 Å². The van der Waals surface area contributed by atoms with E-state index in [0.29, 0.717) is 42.1 Å². The second kappa shape index (κ2) is 9.46. The highest BCUT2D eigenvalue weighted by Gasteiger charge is 2.20. The Balaban J connectivity index is 1.59. The molecular weight excluding hydrogens is 471 g/mol. The molecule has 0 amide bonds. The van der Waals surface area contributed by atoms with Crippen molar-refractivity contribution in [1.82, 2.24) is 18.7 Å². The van der Waals surface area contributed by atoms with E-state index in [4.69, 9.17) is 9.47 Å². The number of halogens is 2. The van der Waals surface area contributed by atoms with Crippen molar-refractivity contribution < 1.29 is 13.9 Å². The SMILES string of the molecule is Cn1c(=O)n(CCCOC2CCCCO2)c(=O)c2c1nc(Br)n2Cc1ccc(F)cc1. The molecule has 0 spiro atoms. The van der Waals surface area contributed by atoms with Gasteiger partial charge in [0.25, 0.3) is 5.56 Å². The number of hydrogen-bond acceptors (Lipinski definition) is 5. The Morgan fingerprint density at radius 2 is 2.00 bits per heavy atom. The molecule has 4 rings (SSSR count). The van der Waals surface area contributed by atoms with Crippen molar-refractivity contribution in [2.75, 3.05) is 13.2 Å². The van der Waals surface area contributed by atoms with Crippen molar-refractivity contribution in [1.29, 1.82) is 0 Å². The third-order valence-electron chi connectivity index (χ3n) is 5.41. The summed E-state index contributed by atoms with van der Waals surface area (Å²) in [4.78, 5) is 30.3. The smallest absolute Gasteiger partial charge is 0.332 e. The van der Waals surface area contributed by atoms with Crippen LogP contribution in [0.1, 0.15) is 31.2 Å². The summed E-state index contributed by atoms with van der Waals surface area (Å²) in [5.41, 5.74) is 0.585. The van der Waals surface area contributed by atoms with Crippen molar-refractivity contribution in [2.24, 2.45) is 7.05 Å². The first-order valence-electron chi connectivity index (χ1n) is 10.3. The number of aryl methyl sites for hydroxylation is 1. The Morgan fingerprint density at radius 1 is 1.23 bits per heavy atom. The highest BCUT2D eigenvalue weighted by molar-refractivity contribution is 9.10. The van der Waals surface area contributed by atoms with Crippen molar-refractivity contribution in [3.8, 4) is 0 Å². The summed E-state index contributed by atoms with van der Waals surface area (Å²) >= 11 is 3.39. The van der Waals surface area contributed by atoms with Gasteiger partial charge in [-0.1, -0.05) is 12.1 Å². The first-order chi connectivity index (χ1) is 15.0. The van der Waals surface area contributed by atoms with E-state index in [1.807, 2.05) is 0 Å². The third kappa shape index (κ3) is 4.65. The Morgan fingerprint density at radius 3 is 2.71 bits per heavy atom. The fourth-order valence-corrected chi connectivity index (χ4v) is 4.21. The molecule has 166 valence electrons. The number of nitrogens with zero attached hydrogens (tertiary/aromatic N) is 4. The monoisotopic (exact) mass is 494 g/mol. The van der Waals surface area contributed by atoms with Gasteiger partial charge in [0.15, 0.2) is 22.2 Å². The first kappa shape index (κ1) is 21.9. The summed E-state index contributed by atoms with van der Waals surface area (Å²) in [7, 11) is 1.59. The highest BCUT2D eigenvalue weighted by atomic mass is 79.9. The standard InChI is InChI=1S/C21H24BrFN4O4/c1-25-18-17(27(20(22)24-18)13-14-6-8-15(23)9-7-14)19(28)26(21(25)29)10-4-12-31-16-5-2-3-11-30-16/h6-9,16H,2-5,10-13H2,1H3. The van der Waals surface area contributed by atoms with E-state index >= 15 is 0 Å². The van der Waals surface area contributed by atoms with Crippen molar-refractivity contribution in [3.63, 3.8) is 0 Å². The summed E-state index contributed by atoms with van der Waals surface area (Å²) in [5, 5.41) is 0. The van der Waals surface area contributed by atoms with Gasteiger partial charge in [0, 0.05) is 20.2 Å². The van der Waals surface area contributed by atoms with Gasteiger partial charge in [0.05, 0.1) is 13.2 Å². The molecule has 1 fully saturated rings. The van der Waals surface area contributed by atoms with Crippen LogP contribution in [0, 0.1) is 5.82 Å². The second-order valence-corrected chi connectivity index (χ2v) is 8.29. The number of fused-ring (bicyclic) bond motifs is 1. The van der Waals surface area contributed by atoms with Crippen LogP contribution in [0.25, 0.3) is 11.2 Å². The van der Waals surface area contributed by atoms with E-state index < -0.39 is 11.2 Å². The lowest BCUT2D eigenvalue weighted by Gasteiger charge is -2.22. The van der Waals surface area contributed by atoms with E-state index in [-0.39, 0.29) is 18.7 Å². The van der Waals surface area contributed by atoms with E-state index in [1.165, 1.54) is 21.3 Å². The molecule has 3 aromatic rings. The van der Waals surface area contributed by atoms with Gasteiger partial charge in [-0.15, -0.1) is 0 Å². The number of rotatable bonds is 7. The van der Waals surface area contributed by atoms with E-state index in [1.54, 1.807) is 23.7 Å². The molecule has 0 bridgehead atoms. The van der Waals surface area contributed by atoms with Gasteiger partial charge in [-0.25, -0.2) is 14.2 Å². The molecule has 1 aliphatic rings. The predicted octanol–water partition coefficient (Wildman–Crippen LogP) is 2.78. The summed E-state index contributed by atoms with van der Waals surface area (Å²) in [5.74, 6) is -0.330. The predicted molar refractivity (Wildman–Crippen MR) is 117 cm³/mol. The molecule has 2 aromatic heterocycles. The third-order valence-corrected chi connectivity index (χ3v) is 6.01. The van der Waals surface area contributed by atoms with Crippen LogP contribution in [0.4, 0.5) is 4.39 Å². The molecule has 0 aliphatic carbocycles. The number of imidazole rings is 1. The zero-order chi connectivity index (χ0) is 22.0. The first-order valence-corrected chi connectivity index (χ1v) is 11.1. The van der Waals surface area contributed by atoms with E-state index in [0.717, 1.165) is 24.8 Å². The lowest BCUT2D eigenvalue weighted by molar-refractivity contribution is -0.163. The highest BCUT2D eigenvalue weighted by Crippen LogP contribution is 2.19. The van der Waals surface area contributed by atoms with E-state index in [2.05, 4.69) is 20.9 Å². The van der Waals surface area contributed by atoms with Crippen molar-refractivity contribution >= 4 is 27.1 Å². The van der Waals surface area contributed by atoms with Crippen LogP contribution in [0.15, 0.2) is 38.6 Å². The minimum absolute atomic E-state index is 0.205. The number of benzene rings is 1. The molecule has 31 heavy (non-hydrogen) atoms.